The van der Waals surface area contributed by atoms with E-state index in [0.717, 1.165) is 5.01 Å². The van der Waals surface area contributed by atoms with Crippen LogP contribution in [0.15, 0.2) is 5.38 Å². The number of nitrogens with zero attached hydrogens (tertiary/aromatic N) is 1. The molecule has 1 heterocycles. The SMILES string of the molecule is Cc1nc(C(C)(N)C(=O)O)cs1. The van der Waals surface area contributed by atoms with Crippen LogP contribution < -0.4 is 5.73 Å². The molecule has 0 saturated carbocycles. The van der Waals surface area contributed by atoms with Gasteiger partial charge in [0.15, 0.2) is 5.54 Å². The van der Waals surface area contributed by atoms with Gasteiger partial charge in [-0.25, -0.2) is 9.78 Å². The van der Waals surface area contributed by atoms with E-state index in [4.69, 9.17) is 10.8 Å². The molecule has 12 heavy (non-hydrogen) atoms. The molecular weight excluding hydrogens is 176 g/mol. The Kier molecular flexibility index (Phi) is 2.16. The van der Waals surface area contributed by atoms with E-state index in [1.165, 1.54) is 18.3 Å². The number of nitrogens with two attached hydrogens (primary N) is 1. The van der Waals surface area contributed by atoms with Gasteiger partial charge < -0.3 is 10.8 Å². The predicted octanol–water partition coefficient (Wildman–Crippen LogP) is 0.710. The van der Waals surface area contributed by atoms with Gasteiger partial charge in [0.1, 0.15) is 0 Å². The first-order valence-electron chi connectivity index (χ1n) is 3.39. The number of carbonyl (C=O) groups is 1. The van der Waals surface area contributed by atoms with Gasteiger partial charge in [-0.1, -0.05) is 0 Å². The van der Waals surface area contributed by atoms with E-state index in [9.17, 15) is 4.79 Å². The Morgan fingerprint density at radius 3 is 2.75 bits per heavy atom. The zero-order valence-electron chi connectivity index (χ0n) is 6.87. The molecule has 1 aromatic heterocycles. The highest BCUT2D eigenvalue weighted by atomic mass is 32.1. The average molecular weight is 186 g/mol. The van der Waals surface area contributed by atoms with Crippen LogP contribution in [-0.4, -0.2) is 16.1 Å². The van der Waals surface area contributed by atoms with E-state index in [1.807, 2.05) is 6.92 Å². The second-order valence-corrected chi connectivity index (χ2v) is 3.82. The van der Waals surface area contributed by atoms with Crippen LogP contribution in [0, 0.1) is 6.92 Å². The minimum atomic E-state index is -1.37. The lowest BCUT2D eigenvalue weighted by molar-refractivity contribution is -0.143. The molecule has 66 valence electrons. The van der Waals surface area contributed by atoms with Crippen molar-refractivity contribution < 1.29 is 9.90 Å². The third kappa shape index (κ3) is 1.46. The third-order valence-electron chi connectivity index (χ3n) is 1.60. The lowest BCUT2D eigenvalue weighted by Gasteiger charge is -2.15. The van der Waals surface area contributed by atoms with E-state index >= 15 is 0 Å². The van der Waals surface area contributed by atoms with Gasteiger partial charge in [0, 0.05) is 5.38 Å². The number of carboxylic acids is 1. The summed E-state index contributed by atoms with van der Waals surface area (Å²) in [5, 5.41) is 11.2. The minimum absolute atomic E-state index is 0.414. The van der Waals surface area contributed by atoms with Crippen molar-refractivity contribution in [3.05, 3.63) is 16.1 Å². The molecule has 0 amide bonds. The van der Waals surface area contributed by atoms with Gasteiger partial charge in [0.05, 0.1) is 10.7 Å². The summed E-state index contributed by atoms with van der Waals surface area (Å²) in [5.41, 5.74) is 4.58. The van der Waals surface area contributed by atoms with Gasteiger partial charge in [-0.2, -0.15) is 0 Å². The van der Waals surface area contributed by atoms with Crippen molar-refractivity contribution in [1.29, 1.82) is 0 Å². The fourth-order valence-corrected chi connectivity index (χ4v) is 1.44. The predicted molar refractivity (Wildman–Crippen MR) is 46.0 cm³/mol. The molecular formula is C7H10N2O2S. The van der Waals surface area contributed by atoms with Crippen LogP contribution in [-0.2, 0) is 10.3 Å². The van der Waals surface area contributed by atoms with Crippen molar-refractivity contribution in [1.82, 2.24) is 4.98 Å². The van der Waals surface area contributed by atoms with Crippen molar-refractivity contribution in [3.63, 3.8) is 0 Å². The summed E-state index contributed by atoms with van der Waals surface area (Å²) in [4.78, 5) is 14.7. The maximum atomic E-state index is 10.7. The zero-order valence-corrected chi connectivity index (χ0v) is 7.68. The van der Waals surface area contributed by atoms with Crippen LogP contribution in [0.25, 0.3) is 0 Å². The molecule has 0 saturated heterocycles. The molecule has 0 aliphatic rings. The van der Waals surface area contributed by atoms with Crippen molar-refractivity contribution in [3.8, 4) is 0 Å². The van der Waals surface area contributed by atoms with Crippen LogP contribution in [0.1, 0.15) is 17.6 Å². The number of hydrogen-bond donors (Lipinski definition) is 2. The Morgan fingerprint density at radius 2 is 2.42 bits per heavy atom. The summed E-state index contributed by atoms with van der Waals surface area (Å²) >= 11 is 1.39. The van der Waals surface area contributed by atoms with Gasteiger partial charge in [0.25, 0.3) is 0 Å². The van der Waals surface area contributed by atoms with Crippen LogP contribution >= 0.6 is 11.3 Å². The highest BCUT2D eigenvalue weighted by Crippen LogP contribution is 2.19. The van der Waals surface area contributed by atoms with Gasteiger partial charge in [-0.05, 0) is 13.8 Å². The largest absolute Gasteiger partial charge is 0.480 e. The summed E-state index contributed by atoms with van der Waals surface area (Å²) in [5.74, 6) is -1.06. The monoisotopic (exact) mass is 186 g/mol. The summed E-state index contributed by atoms with van der Waals surface area (Å²) in [6, 6.07) is 0. The number of rotatable bonds is 2. The maximum absolute atomic E-state index is 10.7. The first-order chi connectivity index (χ1) is 5.44. The Balaban J connectivity index is 3.05. The summed E-state index contributed by atoms with van der Waals surface area (Å²) in [7, 11) is 0. The smallest absolute Gasteiger partial charge is 0.329 e. The quantitative estimate of drug-likeness (QED) is 0.713. The second kappa shape index (κ2) is 2.84. The van der Waals surface area contributed by atoms with Crippen molar-refractivity contribution in [2.75, 3.05) is 0 Å². The molecule has 3 N–H and O–H groups in total. The summed E-state index contributed by atoms with van der Waals surface area (Å²) < 4.78 is 0. The molecule has 1 atom stereocenters. The molecule has 0 aromatic carbocycles. The standard InChI is InChI=1S/C7H10N2O2S/c1-4-9-5(3-12-4)7(2,8)6(10)11/h3H,8H2,1-2H3,(H,10,11). The van der Waals surface area contributed by atoms with Gasteiger partial charge in [-0.3, -0.25) is 0 Å². The normalized spacial score (nSPS) is 15.6. The summed E-state index contributed by atoms with van der Waals surface area (Å²) in [6.45, 7) is 3.25. The number of hydrogen-bond acceptors (Lipinski definition) is 4. The van der Waals surface area contributed by atoms with Gasteiger partial charge in [-0.15, -0.1) is 11.3 Å². The van der Waals surface area contributed by atoms with Crippen LogP contribution in [0.3, 0.4) is 0 Å². The van der Waals surface area contributed by atoms with Crippen LogP contribution in [0.2, 0.25) is 0 Å². The molecule has 0 radical (unpaired) electrons. The third-order valence-corrected chi connectivity index (χ3v) is 2.37. The Bertz CT molecular complexity index is 306. The van der Waals surface area contributed by atoms with E-state index in [2.05, 4.69) is 4.98 Å². The van der Waals surface area contributed by atoms with Gasteiger partial charge >= 0.3 is 5.97 Å². The first-order valence-corrected chi connectivity index (χ1v) is 4.27. The fraction of sp³-hybridized carbons (Fsp3) is 0.429. The van der Waals surface area contributed by atoms with Crippen LogP contribution in [0.5, 0.6) is 0 Å². The minimum Gasteiger partial charge on any atom is -0.480 e. The molecule has 0 aliphatic carbocycles. The van der Waals surface area contributed by atoms with Crippen molar-refractivity contribution in [2.45, 2.75) is 19.4 Å². The zero-order chi connectivity index (χ0) is 9.35. The number of carboxylic acid groups (broad SMARTS) is 1. The molecule has 0 spiro atoms. The number of aliphatic carboxylic acids is 1. The number of aromatic nitrogens is 1. The Labute approximate surface area is 74.0 Å². The average Bonchev–Trinajstić information content (AvgIpc) is 2.35. The molecule has 4 nitrogen and oxygen atoms in total. The lowest BCUT2D eigenvalue weighted by atomic mass is 10.0. The molecule has 1 unspecified atom stereocenters. The molecule has 0 fully saturated rings. The van der Waals surface area contributed by atoms with Gasteiger partial charge in [0.2, 0.25) is 0 Å². The fourth-order valence-electron chi connectivity index (χ4n) is 0.712. The van der Waals surface area contributed by atoms with Crippen molar-refractivity contribution in [2.24, 2.45) is 5.73 Å². The molecule has 1 rings (SSSR count). The highest BCUT2D eigenvalue weighted by molar-refractivity contribution is 7.09. The Morgan fingerprint density at radius 1 is 1.83 bits per heavy atom. The molecule has 5 heteroatoms. The Hall–Kier alpha value is -0.940. The highest BCUT2D eigenvalue weighted by Gasteiger charge is 2.32. The topological polar surface area (TPSA) is 76.2 Å². The second-order valence-electron chi connectivity index (χ2n) is 2.76. The lowest BCUT2D eigenvalue weighted by Crippen LogP contribution is -2.42. The van der Waals surface area contributed by atoms with E-state index in [-0.39, 0.29) is 0 Å². The molecule has 0 bridgehead atoms. The maximum Gasteiger partial charge on any atom is 0.329 e. The number of thiazole rings is 1. The van der Waals surface area contributed by atoms with Crippen molar-refractivity contribution >= 4 is 17.3 Å². The van der Waals surface area contributed by atoms with Crippen LogP contribution in [0.4, 0.5) is 0 Å². The van der Waals surface area contributed by atoms with E-state index in [1.54, 1.807) is 5.38 Å². The summed E-state index contributed by atoms with van der Waals surface area (Å²) in [6.07, 6.45) is 0. The van der Waals surface area contributed by atoms with E-state index < -0.39 is 11.5 Å². The number of aryl methyl sites for hydroxylation is 1. The molecule has 1 aromatic rings. The first kappa shape index (κ1) is 9.15. The van der Waals surface area contributed by atoms with E-state index in [0.29, 0.717) is 5.69 Å². The molecule has 0 aliphatic heterocycles.